The molecule has 3 fully saturated rings. The molecular formula is C51H67N9O12S. The number of urea groups is 1. The SMILES string of the molecule is C=CCOC(=O)C1(C(=O)NC(CCCNC(N)=O)C(=O)Nc2ccc(C(OC(=O)O[C@@H]3C[C@@H](C(=O)NC(C)c4ccc(-c5scnc5C)cc4)N(C(=O)OC(C)(C)C)C3)C(=O)N3CCN(C)CC3)cc2)CCC1. The van der Waals surface area contributed by atoms with Crippen molar-refractivity contribution < 1.29 is 57.3 Å². The Morgan fingerprint density at radius 2 is 1.63 bits per heavy atom. The normalized spacial score (nSPS) is 18.7. The molecular weight excluding hydrogens is 963 g/mol. The first-order valence-electron chi connectivity index (χ1n) is 24.4. The lowest BCUT2D eigenvalue weighted by atomic mass is 9.68. The Bertz CT molecular complexity index is 2480. The number of nitrogens with zero attached hydrogens (tertiary/aromatic N) is 4. The zero-order valence-corrected chi connectivity index (χ0v) is 43.0. The molecule has 0 radical (unpaired) electrons. The van der Waals surface area contributed by atoms with Crippen molar-refractivity contribution in [2.75, 3.05) is 58.2 Å². The molecule has 6 N–H and O–H groups in total. The Labute approximate surface area is 428 Å². The summed E-state index contributed by atoms with van der Waals surface area (Å²) in [5, 5.41) is 10.9. The standard InChI is InChI=1S/C51H67N9O12S/c1-8-27-69-46(65)51(20-10-21-51)45(64)57-38(11-9-22-53-47(52)66)42(61)56-36-18-16-34(17-19-36)40(44(63)59-25-23-58(7)24-26-59)71-49(68)70-37-28-39(60(29-37)48(67)72-50(4,5)6)43(62)55-31(2)33-12-14-35(15-13-33)41-32(3)54-30-73-41/h8,12-19,30-31,37-40H,1,9-11,20-29H2,2-7H3,(H,55,62)(H,56,61)(H,57,64)(H3,52,53,66)/t31?,37-,38?,39+,40?/m1/s1. The minimum absolute atomic E-state index is 0.0650. The van der Waals surface area contributed by atoms with Gasteiger partial charge in [0.25, 0.3) is 5.91 Å². The van der Waals surface area contributed by atoms with Crippen LogP contribution in [0.5, 0.6) is 0 Å². The number of ether oxygens (including phenoxy) is 4. The van der Waals surface area contributed by atoms with Crippen LogP contribution in [0.1, 0.15) is 95.2 Å². The number of hydrogen-bond acceptors (Lipinski definition) is 15. The number of nitrogens with two attached hydrogens (primary N) is 1. The Balaban J connectivity index is 1.15. The van der Waals surface area contributed by atoms with Gasteiger partial charge in [-0.1, -0.05) is 55.5 Å². The summed E-state index contributed by atoms with van der Waals surface area (Å²) in [5.74, 6) is -3.01. The number of carbonyl (C=O) groups excluding carboxylic acids is 8. The van der Waals surface area contributed by atoms with Gasteiger partial charge in [-0.25, -0.2) is 19.4 Å². The number of primary amides is 1. The van der Waals surface area contributed by atoms with E-state index in [-0.39, 0.29) is 63.1 Å². The number of carbonyl (C=O) groups is 8. The number of aryl methyl sites for hydroxylation is 1. The van der Waals surface area contributed by atoms with Crippen LogP contribution in [0.4, 0.5) is 20.1 Å². The number of hydrogen-bond donors (Lipinski definition) is 5. The molecule has 3 aromatic rings. The maximum absolute atomic E-state index is 14.2. The van der Waals surface area contributed by atoms with Gasteiger partial charge in [-0.15, -0.1) is 11.3 Å². The average molecular weight is 1030 g/mol. The summed E-state index contributed by atoms with van der Waals surface area (Å²) in [6.45, 7) is 14.1. The fourth-order valence-electron chi connectivity index (χ4n) is 8.64. The highest BCUT2D eigenvalue weighted by atomic mass is 32.1. The zero-order valence-electron chi connectivity index (χ0n) is 42.2. The van der Waals surface area contributed by atoms with E-state index in [4.69, 9.17) is 24.7 Å². The molecule has 1 saturated carbocycles. The molecule has 2 aromatic carbocycles. The second-order valence-electron chi connectivity index (χ2n) is 19.5. The highest BCUT2D eigenvalue weighted by Crippen LogP contribution is 2.42. The van der Waals surface area contributed by atoms with Crippen molar-refractivity contribution in [3.63, 3.8) is 0 Å². The summed E-state index contributed by atoms with van der Waals surface area (Å²) in [6, 6.07) is 10.3. The van der Waals surface area contributed by atoms with Crippen LogP contribution in [0, 0.1) is 12.3 Å². The first kappa shape index (κ1) is 55.2. The van der Waals surface area contributed by atoms with Gasteiger partial charge in [-0.2, -0.15) is 0 Å². The van der Waals surface area contributed by atoms with Gasteiger partial charge < -0.3 is 55.7 Å². The van der Waals surface area contributed by atoms with E-state index in [1.54, 1.807) is 31.2 Å². The highest BCUT2D eigenvalue weighted by molar-refractivity contribution is 7.13. The summed E-state index contributed by atoms with van der Waals surface area (Å²) in [7, 11) is 1.93. The molecule has 1 aromatic heterocycles. The number of nitrogens with one attached hydrogen (secondary N) is 4. The molecule has 5 atom stereocenters. The largest absolute Gasteiger partial charge is 0.509 e. The second-order valence-corrected chi connectivity index (χ2v) is 20.4. The third-order valence-electron chi connectivity index (χ3n) is 12.9. The first-order valence-corrected chi connectivity index (χ1v) is 25.2. The number of likely N-dealkylation sites (N-methyl/N-ethyl adjacent to an activating group) is 1. The number of piperazine rings is 1. The van der Waals surface area contributed by atoms with Gasteiger partial charge in [-0.3, -0.25) is 28.9 Å². The lowest BCUT2D eigenvalue weighted by Crippen LogP contribution is -2.56. The van der Waals surface area contributed by atoms with Crippen LogP contribution in [-0.2, 0) is 42.9 Å². The number of esters is 1. The molecule has 22 heteroatoms. The van der Waals surface area contributed by atoms with Gasteiger partial charge in [0.05, 0.1) is 28.7 Å². The summed E-state index contributed by atoms with van der Waals surface area (Å²) >= 11 is 1.54. The lowest BCUT2D eigenvalue weighted by molar-refractivity contribution is -0.167. The van der Waals surface area contributed by atoms with Crippen molar-refractivity contribution in [1.29, 1.82) is 0 Å². The third-order valence-corrected chi connectivity index (χ3v) is 13.9. The predicted octanol–water partition coefficient (Wildman–Crippen LogP) is 5.11. The molecule has 3 unspecified atom stereocenters. The number of likely N-dealkylation sites (tertiary alicyclic amines) is 1. The zero-order chi connectivity index (χ0) is 53.0. The second kappa shape index (κ2) is 24.6. The van der Waals surface area contributed by atoms with E-state index in [9.17, 15) is 38.4 Å². The molecule has 3 heterocycles. The number of rotatable bonds is 19. The number of amides is 7. The Morgan fingerprint density at radius 3 is 2.22 bits per heavy atom. The average Bonchev–Trinajstić information content (AvgIpc) is 3.96. The summed E-state index contributed by atoms with van der Waals surface area (Å²) in [4.78, 5) is 118. The monoisotopic (exact) mass is 1030 g/mol. The maximum atomic E-state index is 14.2. The molecule has 394 valence electrons. The maximum Gasteiger partial charge on any atom is 0.509 e. The van der Waals surface area contributed by atoms with E-state index < -0.39 is 89.2 Å². The molecule has 21 nitrogen and oxygen atoms in total. The number of thiazole rings is 1. The van der Waals surface area contributed by atoms with E-state index in [0.29, 0.717) is 32.6 Å². The van der Waals surface area contributed by atoms with Gasteiger partial charge in [0.2, 0.25) is 23.8 Å². The van der Waals surface area contributed by atoms with Crippen molar-refractivity contribution in [3.8, 4) is 10.4 Å². The number of aromatic nitrogens is 1. The van der Waals surface area contributed by atoms with Gasteiger partial charge in [0.1, 0.15) is 35.8 Å². The van der Waals surface area contributed by atoms with Crippen LogP contribution in [0.25, 0.3) is 10.4 Å². The molecule has 2 saturated heterocycles. The Kier molecular flexibility index (Phi) is 18.6. The van der Waals surface area contributed by atoms with E-state index in [1.165, 1.54) is 46.6 Å². The van der Waals surface area contributed by atoms with Crippen molar-refractivity contribution in [2.24, 2.45) is 11.1 Å². The highest BCUT2D eigenvalue weighted by Gasteiger charge is 2.53. The molecule has 0 spiro atoms. The van der Waals surface area contributed by atoms with E-state index in [1.807, 2.05) is 45.2 Å². The predicted molar refractivity (Wildman–Crippen MR) is 270 cm³/mol. The molecule has 1 aliphatic carbocycles. The van der Waals surface area contributed by atoms with E-state index in [0.717, 1.165) is 21.7 Å². The minimum atomic E-state index is -1.50. The van der Waals surface area contributed by atoms with Crippen LogP contribution in [-0.4, -0.2) is 144 Å². The summed E-state index contributed by atoms with van der Waals surface area (Å²) in [6.07, 6.45) is -1.82. The number of benzene rings is 2. The van der Waals surface area contributed by atoms with Crippen molar-refractivity contribution in [1.82, 2.24) is 35.6 Å². The van der Waals surface area contributed by atoms with E-state index >= 15 is 0 Å². The van der Waals surface area contributed by atoms with Gasteiger partial charge in [0.15, 0.2) is 0 Å². The summed E-state index contributed by atoms with van der Waals surface area (Å²) < 4.78 is 22.5. The van der Waals surface area contributed by atoms with Crippen molar-refractivity contribution in [2.45, 2.75) is 109 Å². The topological polar surface area (TPSA) is 270 Å². The first-order chi connectivity index (χ1) is 34.7. The molecule has 73 heavy (non-hydrogen) atoms. The molecule has 2 aliphatic heterocycles. The van der Waals surface area contributed by atoms with Gasteiger partial charge in [0, 0.05) is 50.4 Å². The quantitative estimate of drug-likeness (QED) is 0.0343. The van der Waals surface area contributed by atoms with Crippen LogP contribution >= 0.6 is 11.3 Å². The molecule has 0 bridgehead atoms. The smallest absolute Gasteiger partial charge is 0.461 e. The van der Waals surface area contributed by atoms with Crippen LogP contribution < -0.4 is 27.0 Å². The van der Waals surface area contributed by atoms with Crippen molar-refractivity contribution >= 4 is 64.9 Å². The third kappa shape index (κ3) is 14.6. The molecule has 3 aliphatic rings. The summed E-state index contributed by atoms with van der Waals surface area (Å²) in [5.41, 5.74) is 7.89. The fourth-order valence-corrected chi connectivity index (χ4v) is 9.45. The fraction of sp³-hybridized carbons (Fsp3) is 0.510. The number of anilines is 1. The van der Waals surface area contributed by atoms with Crippen LogP contribution in [0.3, 0.4) is 0 Å². The molecule has 7 amide bonds. The Morgan fingerprint density at radius 1 is 0.959 bits per heavy atom. The molecule has 6 rings (SSSR count). The van der Waals surface area contributed by atoms with Gasteiger partial charge in [-0.05, 0) is 90.6 Å². The minimum Gasteiger partial charge on any atom is -0.461 e. The van der Waals surface area contributed by atoms with Crippen LogP contribution in [0.15, 0.2) is 66.7 Å². The lowest BCUT2D eigenvalue weighted by Gasteiger charge is -2.38. The van der Waals surface area contributed by atoms with E-state index in [2.05, 4.69) is 37.7 Å². The Hall–Kier alpha value is -7.07. The van der Waals surface area contributed by atoms with Crippen molar-refractivity contribution in [3.05, 3.63) is 83.5 Å². The van der Waals surface area contributed by atoms with Gasteiger partial charge >= 0.3 is 24.2 Å². The van der Waals surface area contributed by atoms with Crippen LogP contribution in [0.2, 0.25) is 0 Å².